The number of halogens is 1. The molecule has 1 unspecified atom stereocenters. The first-order chi connectivity index (χ1) is 14.1. The van der Waals surface area contributed by atoms with Crippen LogP contribution in [0.1, 0.15) is 65.4 Å². The maximum atomic E-state index is 13.8. The number of hydrogen-bond acceptors (Lipinski definition) is 5. The van der Waals surface area contributed by atoms with Gasteiger partial charge in [0, 0.05) is 23.0 Å². The van der Waals surface area contributed by atoms with Crippen LogP contribution in [0, 0.1) is 22.6 Å². The van der Waals surface area contributed by atoms with Gasteiger partial charge in [-0.1, -0.05) is 40.2 Å². The van der Waals surface area contributed by atoms with Gasteiger partial charge in [0.05, 0.1) is 36.9 Å². The van der Waals surface area contributed by atoms with E-state index in [1.54, 1.807) is 13.0 Å². The molecule has 0 aliphatic carbocycles. The van der Waals surface area contributed by atoms with Gasteiger partial charge in [-0.3, -0.25) is 0 Å². The van der Waals surface area contributed by atoms with E-state index in [0.29, 0.717) is 41.0 Å². The molecule has 1 atom stereocenters. The summed E-state index contributed by atoms with van der Waals surface area (Å²) in [4.78, 5) is 13.2. The molecule has 30 heavy (non-hydrogen) atoms. The third kappa shape index (κ3) is 5.41. The molecule has 0 saturated carbocycles. The first-order valence-corrected chi connectivity index (χ1v) is 10.2. The zero-order valence-electron chi connectivity index (χ0n) is 18.7. The van der Waals surface area contributed by atoms with E-state index >= 15 is 0 Å². The molecular weight excluding hydrogens is 383 g/mol. The Kier molecular flexibility index (Phi) is 7.66. The normalized spacial score (nSPS) is 16.8. The Balaban J connectivity index is 2.58. The summed E-state index contributed by atoms with van der Waals surface area (Å²) < 4.78 is 24.8. The van der Waals surface area contributed by atoms with Crippen molar-refractivity contribution in [3.8, 4) is 11.8 Å². The number of nitrogens with one attached hydrogen (secondary N) is 1. The highest BCUT2D eigenvalue weighted by atomic mass is 19.1. The zero-order chi connectivity index (χ0) is 22.5. The van der Waals surface area contributed by atoms with Crippen molar-refractivity contribution in [2.45, 2.75) is 59.8 Å². The number of dihydropyridines is 1. The fourth-order valence-electron chi connectivity index (χ4n) is 3.49. The van der Waals surface area contributed by atoms with Gasteiger partial charge in [0.15, 0.2) is 0 Å². The van der Waals surface area contributed by atoms with E-state index in [9.17, 15) is 14.4 Å². The maximum absolute atomic E-state index is 13.8. The molecule has 1 N–H and O–H groups in total. The van der Waals surface area contributed by atoms with E-state index in [1.165, 1.54) is 19.2 Å². The summed E-state index contributed by atoms with van der Waals surface area (Å²) in [6.45, 7) is 10.3. The van der Waals surface area contributed by atoms with Crippen molar-refractivity contribution in [1.82, 2.24) is 5.32 Å². The van der Waals surface area contributed by atoms with Crippen LogP contribution in [0.15, 0.2) is 40.7 Å². The molecule has 0 radical (unpaired) electrons. The lowest BCUT2D eigenvalue weighted by molar-refractivity contribution is -0.140. The molecule has 0 bridgehead atoms. The number of allylic oxidation sites excluding steroid dienone is 3. The molecule has 5 nitrogen and oxygen atoms in total. The Morgan fingerprint density at radius 3 is 2.60 bits per heavy atom. The number of nitriles is 1. The van der Waals surface area contributed by atoms with Gasteiger partial charge in [0.1, 0.15) is 11.6 Å². The molecule has 1 aromatic carbocycles. The van der Waals surface area contributed by atoms with Crippen LogP contribution in [0.3, 0.4) is 0 Å². The number of nitrogens with zero attached hydrogens (tertiary/aromatic N) is 1. The van der Waals surface area contributed by atoms with E-state index < -0.39 is 17.7 Å². The highest BCUT2D eigenvalue weighted by Crippen LogP contribution is 2.43. The third-order valence-electron chi connectivity index (χ3n) is 5.08. The standard InChI is InChI=1S/C24H31FN2O3/c1-7-8-19-22(23(28)30-12-11-24(3,4)5)21(18(14-26)15(2)27-19)17-10-9-16(25)13-20(17)29-6/h9-10,13,21,27H,7-8,11-12H2,1-6H3. The first-order valence-electron chi connectivity index (χ1n) is 10.2. The van der Waals surface area contributed by atoms with Crippen molar-refractivity contribution in [2.75, 3.05) is 13.7 Å². The molecule has 0 saturated heterocycles. The predicted molar refractivity (Wildman–Crippen MR) is 114 cm³/mol. The van der Waals surface area contributed by atoms with Crippen molar-refractivity contribution >= 4 is 5.97 Å². The van der Waals surface area contributed by atoms with Crippen LogP contribution in [0.25, 0.3) is 0 Å². The monoisotopic (exact) mass is 414 g/mol. The van der Waals surface area contributed by atoms with Crippen LogP contribution in [0.5, 0.6) is 5.75 Å². The first kappa shape index (κ1) is 23.5. The number of hydrogen-bond donors (Lipinski definition) is 1. The van der Waals surface area contributed by atoms with Gasteiger partial charge in [-0.25, -0.2) is 9.18 Å². The highest BCUT2D eigenvalue weighted by Gasteiger charge is 2.37. The average Bonchev–Trinajstić information content (AvgIpc) is 2.66. The van der Waals surface area contributed by atoms with E-state index in [2.05, 4.69) is 32.2 Å². The van der Waals surface area contributed by atoms with Gasteiger partial charge in [0.2, 0.25) is 0 Å². The molecule has 0 amide bonds. The maximum Gasteiger partial charge on any atom is 0.336 e. The smallest absolute Gasteiger partial charge is 0.336 e. The van der Waals surface area contributed by atoms with Crippen LogP contribution in [-0.2, 0) is 9.53 Å². The molecule has 0 spiro atoms. The predicted octanol–water partition coefficient (Wildman–Crippen LogP) is 5.35. The van der Waals surface area contributed by atoms with Crippen LogP contribution < -0.4 is 10.1 Å². The van der Waals surface area contributed by atoms with Crippen LogP contribution >= 0.6 is 0 Å². The largest absolute Gasteiger partial charge is 0.496 e. The van der Waals surface area contributed by atoms with E-state index in [4.69, 9.17) is 9.47 Å². The number of rotatable bonds is 7. The van der Waals surface area contributed by atoms with E-state index in [-0.39, 0.29) is 12.0 Å². The number of carbonyl (C=O) groups excluding carboxylic acids is 1. The number of carbonyl (C=O) groups is 1. The molecule has 1 aromatic rings. The van der Waals surface area contributed by atoms with Crippen molar-refractivity contribution in [1.29, 1.82) is 5.26 Å². The minimum Gasteiger partial charge on any atom is -0.496 e. The van der Waals surface area contributed by atoms with Crippen LogP contribution in [0.2, 0.25) is 0 Å². The van der Waals surface area contributed by atoms with Gasteiger partial charge in [-0.15, -0.1) is 0 Å². The molecule has 0 fully saturated rings. The second-order valence-corrected chi connectivity index (χ2v) is 8.68. The van der Waals surface area contributed by atoms with Crippen molar-refractivity contribution in [3.05, 3.63) is 52.1 Å². The lowest BCUT2D eigenvalue weighted by atomic mass is 9.79. The lowest BCUT2D eigenvalue weighted by Crippen LogP contribution is -2.30. The zero-order valence-corrected chi connectivity index (χ0v) is 18.7. The molecule has 0 aromatic heterocycles. The summed E-state index contributed by atoms with van der Waals surface area (Å²) in [5.41, 5.74) is 2.77. The summed E-state index contributed by atoms with van der Waals surface area (Å²) in [5, 5.41) is 13.1. The third-order valence-corrected chi connectivity index (χ3v) is 5.08. The summed E-state index contributed by atoms with van der Waals surface area (Å²) in [6, 6.07) is 6.37. The number of ether oxygens (including phenoxy) is 2. The second kappa shape index (κ2) is 9.80. The number of methoxy groups -OCH3 is 1. The summed E-state index contributed by atoms with van der Waals surface area (Å²) >= 11 is 0. The van der Waals surface area contributed by atoms with E-state index in [1.807, 2.05) is 6.92 Å². The van der Waals surface area contributed by atoms with Gasteiger partial charge >= 0.3 is 5.97 Å². The fraction of sp³-hybridized carbons (Fsp3) is 0.500. The van der Waals surface area contributed by atoms with Crippen LogP contribution in [-0.4, -0.2) is 19.7 Å². The lowest BCUT2D eigenvalue weighted by Gasteiger charge is -2.31. The Morgan fingerprint density at radius 1 is 1.33 bits per heavy atom. The summed E-state index contributed by atoms with van der Waals surface area (Å²) in [6.07, 6.45) is 2.15. The topological polar surface area (TPSA) is 71.3 Å². The molecule has 1 heterocycles. The molecule has 1 aliphatic rings. The molecule has 1 aliphatic heterocycles. The fourth-order valence-corrected chi connectivity index (χ4v) is 3.49. The van der Waals surface area contributed by atoms with Crippen molar-refractivity contribution < 1.29 is 18.7 Å². The number of benzene rings is 1. The summed E-state index contributed by atoms with van der Waals surface area (Å²) in [5.74, 6) is -1.31. The highest BCUT2D eigenvalue weighted by molar-refractivity contribution is 5.93. The Hall–Kier alpha value is -2.81. The Bertz CT molecular complexity index is 904. The summed E-state index contributed by atoms with van der Waals surface area (Å²) in [7, 11) is 1.44. The van der Waals surface area contributed by atoms with E-state index in [0.717, 1.165) is 12.1 Å². The Labute approximate surface area is 178 Å². The minimum atomic E-state index is -0.685. The van der Waals surface area contributed by atoms with Gasteiger partial charge in [-0.2, -0.15) is 5.26 Å². The quantitative estimate of drug-likeness (QED) is 0.609. The Morgan fingerprint density at radius 2 is 2.03 bits per heavy atom. The number of esters is 1. The van der Waals surface area contributed by atoms with Gasteiger partial charge in [0.25, 0.3) is 0 Å². The molecular formula is C24H31FN2O3. The second-order valence-electron chi connectivity index (χ2n) is 8.68. The van der Waals surface area contributed by atoms with Crippen molar-refractivity contribution in [2.24, 2.45) is 5.41 Å². The molecule has 6 heteroatoms. The van der Waals surface area contributed by atoms with Gasteiger partial charge < -0.3 is 14.8 Å². The average molecular weight is 415 g/mol. The van der Waals surface area contributed by atoms with Crippen LogP contribution in [0.4, 0.5) is 4.39 Å². The molecule has 2 rings (SSSR count). The molecule has 162 valence electrons. The minimum absolute atomic E-state index is 0.0274. The SMILES string of the molecule is CCCC1=C(C(=O)OCCC(C)(C)C)C(c2ccc(F)cc2OC)C(C#N)=C(C)N1. The van der Waals surface area contributed by atoms with Gasteiger partial charge in [-0.05, 0) is 31.2 Å². The van der Waals surface area contributed by atoms with Crippen molar-refractivity contribution in [3.63, 3.8) is 0 Å².